The summed E-state index contributed by atoms with van der Waals surface area (Å²) in [5.74, 6) is 2.35. The molecule has 1 saturated heterocycles. The Kier molecular flexibility index (Phi) is 5.86. The Labute approximate surface area is 128 Å². The van der Waals surface area contributed by atoms with Crippen LogP contribution in [-0.4, -0.2) is 47.5 Å². The van der Waals surface area contributed by atoms with Crippen LogP contribution in [-0.2, 0) is 4.79 Å². The van der Waals surface area contributed by atoms with Gasteiger partial charge in [-0.1, -0.05) is 0 Å². The van der Waals surface area contributed by atoms with E-state index in [2.05, 4.69) is 15.6 Å². The molecule has 114 valence electrons. The van der Waals surface area contributed by atoms with Gasteiger partial charge in [-0.3, -0.25) is 9.59 Å². The van der Waals surface area contributed by atoms with Crippen molar-refractivity contribution in [3.05, 3.63) is 23.9 Å². The van der Waals surface area contributed by atoms with E-state index in [0.717, 1.165) is 17.9 Å². The van der Waals surface area contributed by atoms with Gasteiger partial charge in [0.15, 0.2) is 0 Å². The molecule has 1 aliphatic rings. The summed E-state index contributed by atoms with van der Waals surface area (Å²) in [5, 5.41) is 5.32. The van der Waals surface area contributed by atoms with Crippen molar-refractivity contribution in [2.45, 2.75) is 19.4 Å². The summed E-state index contributed by atoms with van der Waals surface area (Å²) >= 11 is 1.88. The lowest BCUT2D eigenvalue weighted by atomic mass is 10.2. The minimum atomic E-state index is -0.212. The van der Waals surface area contributed by atoms with E-state index in [1.807, 2.05) is 11.8 Å². The normalized spacial score (nSPS) is 17.3. The predicted octanol–water partition coefficient (Wildman–Crippen LogP) is 0.832. The first-order valence-corrected chi connectivity index (χ1v) is 8.03. The number of rotatable bonds is 6. The van der Waals surface area contributed by atoms with E-state index in [1.165, 1.54) is 13.1 Å². The molecule has 1 unspecified atom stereocenters. The van der Waals surface area contributed by atoms with Crippen LogP contribution in [0.5, 0.6) is 5.88 Å². The third-order valence-electron chi connectivity index (χ3n) is 2.96. The van der Waals surface area contributed by atoms with Crippen LogP contribution in [0, 0.1) is 0 Å². The third-order valence-corrected chi connectivity index (χ3v) is 4.09. The number of hydrogen-bond acceptors (Lipinski definition) is 5. The average Bonchev–Trinajstić information content (AvgIpc) is 2.97. The quantitative estimate of drug-likeness (QED) is 0.761. The van der Waals surface area contributed by atoms with Crippen LogP contribution < -0.4 is 15.4 Å². The van der Waals surface area contributed by atoms with Gasteiger partial charge in [0.1, 0.15) is 6.10 Å². The fraction of sp³-hybridized carbons (Fsp3) is 0.500. The zero-order chi connectivity index (χ0) is 15.1. The van der Waals surface area contributed by atoms with Crippen molar-refractivity contribution in [2.75, 3.05) is 24.6 Å². The van der Waals surface area contributed by atoms with Gasteiger partial charge >= 0.3 is 0 Å². The predicted molar refractivity (Wildman–Crippen MR) is 81.6 cm³/mol. The fourth-order valence-electron chi connectivity index (χ4n) is 1.88. The summed E-state index contributed by atoms with van der Waals surface area (Å²) < 4.78 is 5.72. The molecule has 2 rings (SSSR count). The molecule has 0 aromatic carbocycles. The number of nitrogens with zero attached hydrogens (tertiary/aromatic N) is 1. The number of aromatic nitrogens is 1. The maximum Gasteiger partial charge on any atom is 0.252 e. The SMILES string of the molecule is CC(=O)NCCNC(=O)c1ccc(OC2CCSC2)nc1. The molecule has 1 fully saturated rings. The van der Waals surface area contributed by atoms with E-state index in [9.17, 15) is 9.59 Å². The molecular formula is C14H19N3O3S. The molecule has 1 aromatic rings. The minimum Gasteiger partial charge on any atom is -0.473 e. The molecule has 0 spiro atoms. The Balaban J connectivity index is 1.77. The molecule has 2 N–H and O–H groups in total. The molecule has 0 radical (unpaired) electrons. The van der Waals surface area contributed by atoms with Gasteiger partial charge in [-0.15, -0.1) is 0 Å². The Morgan fingerprint density at radius 2 is 2.19 bits per heavy atom. The van der Waals surface area contributed by atoms with Crippen LogP contribution in [0.15, 0.2) is 18.3 Å². The molecule has 1 aliphatic heterocycles. The molecule has 7 heteroatoms. The van der Waals surface area contributed by atoms with Crippen LogP contribution in [0.1, 0.15) is 23.7 Å². The van der Waals surface area contributed by atoms with E-state index in [-0.39, 0.29) is 17.9 Å². The topological polar surface area (TPSA) is 80.3 Å². The highest BCUT2D eigenvalue weighted by molar-refractivity contribution is 7.99. The summed E-state index contributed by atoms with van der Waals surface area (Å²) in [6, 6.07) is 3.41. The van der Waals surface area contributed by atoms with Crippen LogP contribution >= 0.6 is 11.8 Å². The van der Waals surface area contributed by atoms with Crippen LogP contribution in [0.3, 0.4) is 0 Å². The molecular weight excluding hydrogens is 290 g/mol. The monoisotopic (exact) mass is 309 g/mol. The lowest BCUT2D eigenvalue weighted by Gasteiger charge is -2.11. The second-order valence-electron chi connectivity index (χ2n) is 4.73. The highest BCUT2D eigenvalue weighted by Gasteiger charge is 2.17. The van der Waals surface area contributed by atoms with E-state index in [0.29, 0.717) is 24.5 Å². The zero-order valence-corrected chi connectivity index (χ0v) is 12.7. The smallest absolute Gasteiger partial charge is 0.252 e. The van der Waals surface area contributed by atoms with Gasteiger partial charge in [-0.25, -0.2) is 4.98 Å². The highest BCUT2D eigenvalue weighted by Crippen LogP contribution is 2.21. The number of amides is 2. The van der Waals surface area contributed by atoms with Gasteiger partial charge in [0.05, 0.1) is 5.56 Å². The number of carbonyl (C=O) groups is 2. The van der Waals surface area contributed by atoms with Gasteiger partial charge in [0.25, 0.3) is 5.91 Å². The van der Waals surface area contributed by atoms with E-state index < -0.39 is 0 Å². The number of carbonyl (C=O) groups excluding carboxylic acids is 2. The van der Waals surface area contributed by atoms with Crippen molar-refractivity contribution in [3.8, 4) is 5.88 Å². The van der Waals surface area contributed by atoms with Crippen molar-refractivity contribution in [2.24, 2.45) is 0 Å². The summed E-state index contributed by atoms with van der Waals surface area (Å²) in [7, 11) is 0. The Bertz CT molecular complexity index is 487. The van der Waals surface area contributed by atoms with Gasteiger partial charge in [-0.2, -0.15) is 11.8 Å². The van der Waals surface area contributed by atoms with Crippen LogP contribution in [0.4, 0.5) is 0 Å². The van der Waals surface area contributed by atoms with Crippen LogP contribution in [0.2, 0.25) is 0 Å². The van der Waals surface area contributed by atoms with Crippen molar-refractivity contribution in [1.29, 1.82) is 0 Å². The van der Waals surface area contributed by atoms with Gasteiger partial charge in [0, 0.05) is 38.0 Å². The maximum atomic E-state index is 11.8. The van der Waals surface area contributed by atoms with Gasteiger partial charge in [0.2, 0.25) is 11.8 Å². The first kappa shape index (κ1) is 15.6. The first-order chi connectivity index (χ1) is 10.1. The Morgan fingerprint density at radius 1 is 1.38 bits per heavy atom. The highest BCUT2D eigenvalue weighted by atomic mass is 32.2. The molecule has 21 heavy (non-hydrogen) atoms. The summed E-state index contributed by atoms with van der Waals surface area (Å²) in [4.78, 5) is 26.7. The second kappa shape index (κ2) is 7.87. The standard InChI is InChI=1S/C14H19N3O3S/c1-10(18)15-5-6-16-14(19)11-2-3-13(17-8-11)20-12-4-7-21-9-12/h2-3,8,12H,4-7,9H2,1H3,(H,15,18)(H,16,19). The van der Waals surface area contributed by atoms with Gasteiger partial charge < -0.3 is 15.4 Å². The summed E-state index contributed by atoms with van der Waals surface area (Å²) in [5.41, 5.74) is 0.478. The molecule has 0 aliphatic carbocycles. The number of ether oxygens (including phenoxy) is 1. The largest absolute Gasteiger partial charge is 0.473 e. The molecule has 0 saturated carbocycles. The van der Waals surface area contributed by atoms with Gasteiger partial charge in [-0.05, 0) is 18.2 Å². The van der Waals surface area contributed by atoms with Crippen molar-refractivity contribution in [3.63, 3.8) is 0 Å². The first-order valence-electron chi connectivity index (χ1n) is 6.88. The number of pyridine rings is 1. The van der Waals surface area contributed by atoms with E-state index in [4.69, 9.17) is 4.74 Å². The lowest BCUT2D eigenvalue weighted by molar-refractivity contribution is -0.118. The Morgan fingerprint density at radius 3 is 2.81 bits per heavy atom. The maximum absolute atomic E-state index is 11.8. The number of nitrogens with one attached hydrogen (secondary N) is 2. The molecule has 2 heterocycles. The second-order valence-corrected chi connectivity index (χ2v) is 5.88. The average molecular weight is 309 g/mol. The zero-order valence-electron chi connectivity index (χ0n) is 11.9. The molecule has 2 amide bonds. The van der Waals surface area contributed by atoms with Crippen molar-refractivity contribution >= 4 is 23.6 Å². The Hall–Kier alpha value is -1.76. The van der Waals surface area contributed by atoms with Crippen molar-refractivity contribution in [1.82, 2.24) is 15.6 Å². The van der Waals surface area contributed by atoms with E-state index in [1.54, 1.807) is 12.1 Å². The fourth-order valence-corrected chi connectivity index (χ4v) is 2.97. The molecule has 1 aromatic heterocycles. The van der Waals surface area contributed by atoms with Crippen molar-refractivity contribution < 1.29 is 14.3 Å². The van der Waals surface area contributed by atoms with Crippen LogP contribution in [0.25, 0.3) is 0 Å². The third kappa shape index (κ3) is 5.26. The summed E-state index contributed by atoms with van der Waals surface area (Å²) in [6.45, 7) is 2.23. The molecule has 0 bridgehead atoms. The summed E-state index contributed by atoms with van der Waals surface area (Å²) in [6.07, 6.45) is 2.77. The number of hydrogen-bond donors (Lipinski definition) is 2. The molecule has 6 nitrogen and oxygen atoms in total. The molecule has 1 atom stereocenters. The minimum absolute atomic E-state index is 0.113. The number of thioether (sulfide) groups is 1. The lowest BCUT2D eigenvalue weighted by Crippen LogP contribution is -2.33. The van der Waals surface area contributed by atoms with E-state index >= 15 is 0 Å².